The molecule has 3 heterocycles. The van der Waals surface area contributed by atoms with E-state index in [4.69, 9.17) is 0 Å². The van der Waals surface area contributed by atoms with Crippen molar-refractivity contribution in [3.63, 3.8) is 0 Å². The highest BCUT2D eigenvalue weighted by Gasteiger charge is 2.53. The molecule has 5 heteroatoms. The maximum absolute atomic E-state index is 13.6. The largest absolute Gasteiger partial charge is 0.331 e. The Morgan fingerprint density at radius 1 is 1.16 bits per heavy atom. The van der Waals surface area contributed by atoms with Gasteiger partial charge in [0.15, 0.2) is 0 Å². The molecule has 1 saturated carbocycles. The van der Waals surface area contributed by atoms with Crippen molar-refractivity contribution in [1.29, 1.82) is 0 Å². The zero-order chi connectivity index (χ0) is 17.2. The maximum atomic E-state index is 13.6. The average Bonchev–Trinajstić information content (AvgIpc) is 3.30. The first-order valence-corrected chi connectivity index (χ1v) is 8.32. The summed E-state index contributed by atoms with van der Waals surface area (Å²) in [6, 6.07) is 12.5. The molecule has 0 unspecified atom stereocenters. The second-order valence-electron chi connectivity index (χ2n) is 6.75. The van der Waals surface area contributed by atoms with Crippen LogP contribution in [0.15, 0.2) is 54.9 Å². The summed E-state index contributed by atoms with van der Waals surface area (Å²) in [5.41, 5.74) is 3.96. The molecule has 0 atom stereocenters. The number of hydrogen-bond acceptors (Lipinski definition) is 2. The van der Waals surface area contributed by atoms with Gasteiger partial charge in [-0.15, -0.1) is 0 Å². The zero-order valence-electron chi connectivity index (χ0n) is 13.7. The molecule has 0 radical (unpaired) electrons. The summed E-state index contributed by atoms with van der Waals surface area (Å²) in [7, 11) is 1.88. The number of aromatic nitrogens is 2. The lowest BCUT2D eigenvalue weighted by molar-refractivity contribution is 0.0705. The predicted octanol–water partition coefficient (Wildman–Crippen LogP) is 3.75. The van der Waals surface area contributed by atoms with Crippen LogP contribution in [0.5, 0.6) is 0 Å². The second-order valence-corrected chi connectivity index (χ2v) is 6.75. The molecule has 0 N–H and O–H groups in total. The third-order valence-electron chi connectivity index (χ3n) is 5.41. The molecule has 0 saturated heterocycles. The smallest absolute Gasteiger partial charge is 0.271 e. The van der Waals surface area contributed by atoms with Gasteiger partial charge in [0.2, 0.25) is 0 Å². The molecule has 2 aliphatic rings. The first-order chi connectivity index (χ1) is 12.1. The Kier molecular flexibility index (Phi) is 2.76. The molecule has 25 heavy (non-hydrogen) atoms. The van der Waals surface area contributed by atoms with Gasteiger partial charge in [-0.2, -0.15) is 0 Å². The van der Waals surface area contributed by atoms with Crippen LogP contribution in [0.1, 0.15) is 28.9 Å². The van der Waals surface area contributed by atoms with Gasteiger partial charge in [0.25, 0.3) is 5.91 Å². The molecule has 5 rings (SSSR count). The Morgan fingerprint density at radius 2 is 2.00 bits per heavy atom. The van der Waals surface area contributed by atoms with E-state index in [-0.39, 0.29) is 17.3 Å². The van der Waals surface area contributed by atoms with E-state index in [0.29, 0.717) is 11.4 Å². The minimum Gasteiger partial charge on any atom is -0.331 e. The minimum absolute atomic E-state index is 0.0316. The predicted molar refractivity (Wildman–Crippen MR) is 92.0 cm³/mol. The Morgan fingerprint density at radius 3 is 2.76 bits per heavy atom. The average molecular weight is 333 g/mol. The molecule has 1 spiro atoms. The fraction of sp³-hybridized carbons (Fsp3) is 0.200. The number of hydrogen-bond donors (Lipinski definition) is 0. The van der Waals surface area contributed by atoms with Crippen molar-refractivity contribution < 1.29 is 9.18 Å². The van der Waals surface area contributed by atoms with Gasteiger partial charge in [0.05, 0.1) is 16.9 Å². The molecule has 1 amide bonds. The van der Waals surface area contributed by atoms with E-state index in [1.807, 2.05) is 47.0 Å². The Balaban J connectivity index is 1.77. The number of nitrogens with zero attached hydrogens (tertiary/aromatic N) is 3. The normalized spacial score (nSPS) is 17.2. The lowest BCUT2D eigenvalue weighted by Crippen LogP contribution is -2.36. The van der Waals surface area contributed by atoms with E-state index in [0.717, 1.165) is 29.7 Å². The fourth-order valence-electron chi connectivity index (χ4n) is 3.88. The molecule has 4 nitrogen and oxygen atoms in total. The highest BCUT2D eigenvalue weighted by atomic mass is 19.1. The van der Waals surface area contributed by atoms with Crippen LogP contribution in [0.4, 0.5) is 4.39 Å². The molecule has 3 aromatic rings. The van der Waals surface area contributed by atoms with Crippen molar-refractivity contribution >= 4 is 5.91 Å². The Hall–Kier alpha value is -2.95. The molecule has 1 aliphatic carbocycles. The van der Waals surface area contributed by atoms with Crippen molar-refractivity contribution in [3.05, 3.63) is 71.9 Å². The standard InChI is InChI=1S/C20H16FN3O/c1-23-19(25)17-3-2-10-24(17)18-11-13(16-12-14(21)6-9-22-16)4-5-15(18)20(23)7-8-20/h2-6,9-12H,7-8H2,1H3. The van der Waals surface area contributed by atoms with Crippen molar-refractivity contribution in [2.45, 2.75) is 18.4 Å². The highest BCUT2D eigenvalue weighted by Crippen LogP contribution is 2.54. The Labute approximate surface area is 144 Å². The van der Waals surface area contributed by atoms with Gasteiger partial charge in [-0.1, -0.05) is 12.1 Å². The SMILES string of the molecule is CN1C(=O)c2cccn2-c2cc(-c3cc(F)ccn3)ccc2C12CC2. The number of fused-ring (bicyclic) bond motifs is 4. The van der Waals surface area contributed by atoms with Gasteiger partial charge in [-0.25, -0.2) is 4.39 Å². The molecule has 124 valence electrons. The van der Waals surface area contributed by atoms with Crippen LogP contribution in [0.3, 0.4) is 0 Å². The summed E-state index contributed by atoms with van der Waals surface area (Å²) < 4.78 is 15.5. The lowest BCUT2D eigenvalue weighted by atomic mass is 9.98. The number of carbonyl (C=O) groups excluding carboxylic acids is 1. The van der Waals surface area contributed by atoms with Crippen LogP contribution in [-0.2, 0) is 5.54 Å². The van der Waals surface area contributed by atoms with Crippen molar-refractivity contribution in [2.24, 2.45) is 0 Å². The topological polar surface area (TPSA) is 38.1 Å². The highest BCUT2D eigenvalue weighted by molar-refractivity contribution is 5.95. The van der Waals surface area contributed by atoms with Gasteiger partial charge in [-0.05, 0) is 37.1 Å². The van der Waals surface area contributed by atoms with E-state index in [2.05, 4.69) is 11.1 Å². The molecule has 1 aliphatic heterocycles. The van der Waals surface area contributed by atoms with Crippen molar-refractivity contribution in [2.75, 3.05) is 7.05 Å². The number of benzene rings is 1. The van der Waals surface area contributed by atoms with E-state index in [1.54, 1.807) is 0 Å². The zero-order valence-corrected chi connectivity index (χ0v) is 13.7. The van der Waals surface area contributed by atoms with E-state index in [1.165, 1.54) is 18.3 Å². The molecule has 2 aromatic heterocycles. The van der Waals surface area contributed by atoms with Crippen LogP contribution in [0, 0.1) is 5.82 Å². The first-order valence-electron chi connectivity index (χ1n) is 8.32. The summed E-state index contributed by atoms with van der Waals surface area (Å²) in [5.74, 6) is -0.278. The number of carbonyl (C=O) groups is 1. The number of halogens is 1. The van der Waals surface area contributed by atoms with Crippen LogP contribution in [-0.4, -0.2) is 27.4 Å². The quantitative estimate of drug-likeness (QED) is 0.680. The van der Waals surface area contributed by atoms with E-state index in [9.17, 15) is 9.18 Å². The van der Waals surface area contributed by atoms with Crippen LogP contribution < -0.4 is 0 Å². The van der Waals surface area contributed by atoms with Gasteiger partial charge in [0, 0.05) is 36.6 Å². The number of amides is 1. The van der Waals surface area contributed by atoms with Crippen LogP contribution >= 0.6 is 0 Å². The third kappa shape index (κ3) is 1.92. The number of pyridine rings is 1. The van der Waals surface area contributed by atoms with Gasteiger partial charge >= 0.3 is 0 Å². The van der Waals surface area contributed by atoms with Crippen molar-refractivity contribution in [3.8, 4) is 16.9 Å². The molecular weight excluding hydrogens is 317 g/mol. The summed E-state index contributed by atoms with van der Waals surface area (Å²) in [5, 5.41) is 0. The molecular formula is C20H16FN3O. The Bertz CT molecular complexity index is 1020. The van der Waals surface area contributed by atoms with Crippen LogP contribution in [0.25, 0.3) is 16.9 Å². The summed E-state index contributed by atoms with van der Waals surface area (Å²) >= 11 is 0. The minimum atomic E-state index is -0.310. The summed E-state index contributed by atoms with van der Waals surface area (Å²) in [4.78, 5) is 19.0. The molecule has 0 bridgehead atoms. The van der Waals surface area contributed by atoms with E-state index < -0.39 is 0 Å². The molecule has 1 aromatic carbocycles. The fourth-order valence-corrected chi connectivity index (χ4v) is 3.88. The summed E-state index contributed by atoms with van der Waals surface area (Å²) in [6.07, 6.45) is 5.30. The van der Waals surface area contributed by atoms with Crippen molar-refractivity contribution in [1.82, 2.24) is 14.5 Å². The number of rotatable bonds is 1. The lowest BCUT2D eigenvalue weighted by Gasteiger charge is -2.27. The first kappa shape index (κ1) is 14.4. The van der Waals surface area contributed by atoms with Gasteiger partial charge < -0.3 is 9.47 Å². The third-order valence-corrected chi connectivity index (χ3v) is 5.41. The van der Waals surface area contributed by atoms with E-state index >= 15 is 0 Å². The maximum Gasteiger partial charge on any atom is 0.271 e. The monoisotopic (exact) mass is 333 g/mol. The second kappa shape index (κ2) is 4.79. The van der Waals surface area contributed by atoms with Gasteiger partial charge in [0.1, 0.15) is 11.5 Å². The molecule has 1 fully saturated rings. The van der Waals surface area contributed by atoms with Gasteiger partial charge in [-0.3, -0.25) is 9.78 Å². The summed E-state index contributed by atoms with van der Waals surface area (Å²) in [6.45, 7) is 0. The van der Waals surface area contributed by atoms with Crippen LogP contribution in [0.2, 0.25) is 0 Å².